The van der Waals surface area contributed by atoms with Crippen molar-refractivity contribution >= 4 is 11.4 Å². The second kappa shape index (κ2) is 55.5. The third-order valence-electron chi connectivity index (χ3n) is 16.8. The van der Waals surface area contributed by atoms with Crippen LogP contribution < -0.4 is 0 Å². The maximum absolute atomic E-state index is 11.3. The Bertz CT molecular complexity index is 1640. The minimum Gasteiger partial charge on any atom is -0.0654 e. The average Bonchev–Trinajstić information content (AvgIpc) is 3.89. The van der Waals surface area contributed by atoms with Crippen molar-refractivity contribution in [3.05, 3.63) is 88.0 Å². The minimum absolute atomic E-state index is 0.902. The molecule has 0 saturated carbocycles. The van der Waals surface area contributed by atoms with Crippen LogP contribution in [-0.4, -0.2) is 4.70 Å². The summed E-state index contributed by atoms with van der Waals surface area (Å²) in [6, 6.07) is 17.4. The summed E-state index contributed by atoms with van der Waals surface area (Å²) in [6.07, 6.45) is 76.0. The van der Waals surface area contributed by atoms with Gasteiger partial charge in [-0.25, -0.2) is 4.70 Å². The van der Waals surface area contributed by atoms with Crippen molar-refractivity contribution in [2.45, 2.75) is 379 Å². The van der Waals surface area contributed by atoms with Crippen molar-refractivity contribution in [3.8, 4) is 0 Å². The SMILES string of the molecule is CCCCCC1=C(c2cccc(CCCC)c2)[N+](=[N-])C(c2cccc(CCCC)c2)=C1.CCCCCCCCCCCCCCCCCCCCCC[CH2][Ni][CH2]CCCCCCCCCCCCCCCCCCCCCC. The zero-order chi connectivity index (χ0) is 55.9. The Balaban J connectivity index is 0.000000576. The summed E-state index contributed by atoms with van der Waals surface area (Å²) >= 11 is 2.05. The molecule has 3 rings (SSSR count). The molecular formula is C75H132N2Ni. The third-order valence-corrected chi connectivity index (χ3v) is 18.2. The van der Waals surface area contributed by atoms with Gasteiger partial charge in [0.25, 0.3) is 0 Å². The number of hydrogen-bond donors (Lipinski definition) is 0. The van der Waals surface area contributed by atoms with E-state index < -0.39 is 0 Å². The van der Waals surface area contributed by atoms with Crippen molar-refractivity contribution in [1.29, 1.82) is 0 Å². The molecule has 1 heterocycles. The van der Waals surface area contributed by atoms with Crippen LogP contribution in [0.15, 0.2) is 60.2 Å². The molecule has 0 atom stereocenters. The summed E-state index contributed by atoms with van der Waals surface area (Å²) in [6.45, 7) is 11.3. The van der Waals surface area contributed by atoms with Crippen LogP contribution in [0.25, 0.3) is 16.9 Å². The van der Waals surface area contributed by atoms with E-state index in [2.05, 4.69) is 104 Å². The van der Waals surface area contributed by atoms with Crippen molar-refractivity contribution in [3.63, 3.8) is 0 Å². The van der Waals surface area contributed by atoms with E-state index in [9.17, 15) is 5.53 Å². The fourth-order valence-electron chi connectivity index (χ4n) is 11.6. The van der Waals surface area contributed by atoms with Gasteiger partial charge in [-0.1, -0.05) is 213 Å². The van der Waals surface area contributed by atoms with Crippen molar-refractivity contribution in [2.24, 2.45) is 0 Å². The molecule has 1 aliphatic heterocycles. The second-order valence-corrected chi connectivity index (χ2v) is 25.9. The maximum atomic E-state index is 11.3. The van der Waals surface area contributed by atoms with Crippen LogP contribution in [0.1, 0.15) is 378 Å². The van der Waals surface area contributed by atoms with Gasteiger partial charge < -0.3 is 5.53 Å². The topological polar surface area (TPSA) is 25.3 Å². The third kappa shape index (κ3) is 40.2. The smallest absolute Gasteiger partial charge is 0.0654 e. The molecule has 0 bridgehead atoms. The molecule has 0 radical (unpaired) electrons. The average molecular weight is 1120 g/mol. The summed E-state index contributed by atoms with van der Waals surface area (Å²) in [5, 5.41) is 2.87. The van der Waals surface area contributed by atoms with Gasteiger partial charge in [0.05, 0.1) is 0 Å². The first-order chi connectivity index (χ1) is 38.6. The second-order valence-electron chi connectivity index (χ2n) is 24.4. The summed E-state index contributed by atoms with van der Waals surface area (Å²) in [5.74, 6) is 0. The number of allylic oxidation sites excluding steroid dienone is 2. The molecule has 0 fully saturated rings. The molecule has 0 saturated heterocycles. The van der Waals surface area contributed by atoms with E-state index in [1.165, 1.54) is 340 Å². The Kier molecular flexibility index (Phi) is 51.4. The zero-order valence-electron chi connectivity index (χ0n) is 53.1. The fraction of sp³-hybridized carbons (Fsp3) is 0.787. The van der Waals surface area contributed by atoms with Crippen LogP contribution in [0, 0.1) is 0 Å². The van der Waals surface area contributed by atoms with Gasteiger partial charge in [-0.05, 0) is 73.9 Å². The number of nitrogens with zero attached hydrogens (tertiary/aromatic N) is 2. The van der Waals surface area contributed by atoms with Gasteiger partial charge in [-0.2, -0.15) is 0 Å². The number of unbranched alkanes of at least 4 members (excludes halogenated alkanes) is 44. The van der Waals surface area contributed by atoms with Gasteiger partial charge in [0, 0.05) is 22.8 Å². The van der Waals surface area contributed by atoms with E-state index in [4.69, 9.17) is 0 Å². The molecule has 2 aromatic carbocycles. The molecule has 0 N–H and O–H groups in total. The zero-order valence-corrected chi connectivity index (χ0v) is 54.1. The van der Waals surface area contributed by atoms with Crippen molar-refractivity contribution in [1.82, 2.24) is 0 Å². The van der Waals surface area contributed by atoms with Crippen molar-refractivity contribution < 1.29 is 19.1 Å². The van der Waals surface area contributed by atoms with Gasteiger partial charge in [-0.3, -0.25) is 0 Å². The van der Waals surface area contributed by atoms with Gasteiger partial charge in [0.15, 0.2) is 0 Å². The minimum atomic E-state index is 0.902. The fourth-order valence-corrected chi connectivity index (χ4v) is 12.8. The van der Waals surface area contributed by atoms with Crippen LogP contribution in [0.5, 0.6) is 0 Å². The number of hydrogen-bond acceptors (Lipinski definition) is 0. The summed E-state index contributed by atoms with van der Waals surface area (Å²) in [5.41, 5.74) is 19.3. The first-order valence-electron chi connectivity index (χ1n) is 35.2. The Labute approximate surface area is 494 Å². The summed E-state index contributed by atoms with van der Waals surface area (Å²) in [7, 11) is 0. The molecule has 452 valence electrons. The standard InChI is InChI=1S/C29H38N2.2C23H47.Ni/c1-4-7-10-17-27-22-28(25-18-11-15-23(20-25)13-8-5-2)31(30)29(27)26-19-12-16-24(21-26)14-9-6-3;2*1-3-5-7-9-11-13-15-17-19-21-23-22-20-18-16-14-12-10-8-6-4-2;/h11-12,15-16,18-22H,4-10,13-14,17H2,1-3H3;2*1,3-23H2,2H3;. The predicted octanol–water partition coefficient (Wildman–Crippen LogP) is 27.1. The van der Waals surface area contributed by atoms with Gasteiger partial charge >= 0.3 is 166 Å². The molecule has 2 nitrogen and oxygen atoms in total. The Morgan fingerprint density at radius 3 is 0.923 bits per heavy atom. The monoisotopic (exact) mass is 1120 g/mol. The molecule has 0 aromatic heterocycles. The summed E-state index contributed by atoms with van der Waals surface area (Å²) in [4.78, 5) is 0. The molecule has 3 heteroatoms. The molecule has 0 spiro atoms. The number of rotatable bonds is 56. The number of aryl methyl sites for hydroxylation is 2. The van der Waals surface area contributed by atoms with E-state index in [-0.39, 0.29) is 0 Å². The Hall–Kier alpha value is -1.99. The molecule has 0 amide bonds. The summed E-state index contributed by atoms with van der Waals surface area (Å²) < 4.78 is 1.44. The number of benzene rings is 2. The van der Waals surface area contributed by atoms with Crippen LogP contribution in [0.2, 0.25) is 10.8 Å². The molecule has 1 aliphatic rings. The quantitative estimate of drug-likeness (QED) is 0.0358. The van der Waals surface area contributed by atoms with Gasteiger partial charge in [0.1, 0.15) is 0 Å². The molecule has 2 aromatic rings. The van der Waals surface area contributed by atoms with E-state index in [0.717, 1.165) is 48.2 Å². The van der Waals surface area contributed by atoms with Gasteiger partial charge in [-0.15, -0.1) is 0 Å². The van der Waals surface area contributed by atoms with Crippen LogP contribution >= 0.6 is 0 Å². The van der Waals surface area contributed by atoms with Gasteiger partial charge in [0.2, 0.25) is 11.4 Å². The van der Waals surface area contributed by atoms with E-state index in [1.807, 2.05) is 0 Å². The van der Waals surface area contributed by atoms with Crippen LogP contribution in [0.4, 0.5) is 0 Å². The molecular weight excluding hydrogens is 988 g/mol. The van der Waals surface area contributed by atoms with Crippen molar-refractivity contribution in [2.75, 3.05) is 0 Å². The first kappa shape index (κ1) is 72.1. The van der Waals surface area contributed by atoms with Crippen LogP contribution in [-0.2, 0) is 27.3 Å². The Morgan fingerprint density at radius 1 is 0.308 bits per heavy atom. The first-order valence-corrected chi connectivity index (χ1v) is 36.6. The molecule has 0 unspecified atom stereocenters. The predicted molar refractivity (Wildman–Crippen MR) is 348 cm³/mol. The van der Waals surface area contributed by atoms with E-state index >= 15 is 0 Å². The normalized spacial score (nSPS) is 12.5. The molecule has 78 heavy (non-hydrogen) atoms. The van der Waals surface area contributed by atoms with E-state index in [1.54, 1.807) is 0 Å². The Morgan fingerprint density at radius 2 is 0.590 bits per heavy atom. The van der Waals surface area contributed by atoms with E-state index in [0.29, 0.717) is 0 Å². The molecule has 0 aliphatic carbocycles. The van der Waals surface area contributed by atoms with Crippen LogP contribution in [0.3, 0.4) is 0 Å².